The van der Waals surface area contributed by atoms with Gasteiger partial charge in [0.2, 0.25) is 10.0 Å². The summed E-state index contributed by atoms with van der Waals surface area (Å²) in [7, 11) is -4.04. The smallest absolute Gasteiger partial charge is 0.322 e. The number of carboxylic acids is 2. The van der Waals surface area contributed by atoms with Gasteiger partial charge in [-0.15, -0.1) is 0 Å². The Morgan fingerprint density at radius 1 is 1.20 bits per heavy atom. The molecule has 1 aromatic carbocycles. The molecule has 0 saturated heterocycles. The van der Waals surface area contributed by atoms with Gasteiger partial charge in [-0.25, -0.2) is 8.42 Å². The predicted octanol–water partition coefficient (Wildman–Crippen LogP) is 0.505. The van der Waals surface area contributed by atoms with Gasteiger partial charge in [0.15, 0.2) is 0 Å². The van der Waals surface area contributed by atoms with Crippen LogP contribution in [-0.4, -0.2) is 36.6 Å². The zero-order valence-corrected chi connectivity index (χ0v) is 11.1. The molecule has 0 radical (unpaired) electrons. The fourth-order valence-corrected chi connectivity index (χ4v) is 2.32. The molecule has 0 spiro atoms. The summed E-state index contributed by atoms with van der Waals surface area (Å²) in [5, 5.41) is 18.1. The van der Waals surface area contributed by atoms with Crippen molar-refractivity contribution < 1.29 is 28.2 Å². The second-order valence-corrected chi connectivity index (χ2v) is 5.46. The molecule has 20 heavy (non-hydrogen) atoms. The van der Waals surface area contributed by atoms with Gasteiger partial charge >= 0.3 is 11.9 Å². The third-order valence-electron chi connectivity index (χ3n) is 2.22. The van der Waals surface area contributed by atoms with Crippen LogP contribution in [0.1, 0.15) is 12.0 Å². The zero-order chi connectivity index (χ0) is 15.2. The van der Waals surface area contributed by atoms with Gasteiger partial charge in [0.05, 0.1) is 6.42 Å². The fourth-order valence-electron chi connectivity index (χ4n) is 1.32. The normalized spacial score (nSPS) is 13.2. The summed E-state index contributed by atoms with van der Waals surface area (Å²) >= 11 is 0. The van der Waals surface area contributed by atoms with E-state index in [2.05, 4.69) is 0 Å². The van der Waals surface area contributed by atoms with Crippen molar-refractivity contribution >= 4 is 28.0 Å². The van der Waals surface area contributed by atoms with Crippen LogP contribution in [-0.2, 0) is 19.6 Å². The molecule has 0 aliphatic carbocycles. The number of rotatable bonds is 7. The molecule has 0 amide bonds. The standard InChI is InChI=1S/C12H13NO6S/c14-11(15)8-10(12(16)17)13-20(18,19)7-6-9-4-2-1-3-5-9/h1-7,10,13H,8H2,(H,14,15)(H,16,17)/b7-6+. The average molecular weight is 299 g/mol. The van der Waals surface area contributed by atoms with Crippen LogP contribution in [0.2, 0.25) is 0 Å². The molecule has 0 heterocycles. The molecule has 1 atom stereocenters. The summed E-state index contributed by atoms with van der Waals surface area (Å²) in [5.74, 6) is -2.96. The highest BCUT2D eigenvalue weighted by Crippen LogP contribution is 2.04. The maximum atomic E-state index is 11.6. The maximum Gasteiger partial charge on any atom is 0.322 e. The number of nitrogens with one attached hydrogen (secondary N) is 1. The molecule has 0 saturated carbocycles. The van der Waals surface area contributed by atoms with Crippen LogP contribution in [0.25, 0.3) is 6.08 Å². The fraction of sp³-hybridized carbons (Fsp3) is 0.167. The van der Waals surface area contributed by atoms with Crippen molar-refractivity contribution in [2.24, 2.45) is 0 Å². The summed E-state index contributed by atoms with van der Waals surface area (Å²) in [6.07, 6.45) is 0.440. The Balaban J connectivity index is 2.80. The molecule has 3 N–H and O–H groups in total. The molecule has 0 aromatic heterocycles. The van der Waals surface area contributed by atoms with E-state index in [1.165, 1.54) is 6.08 Å². The van der Waals surface area contributed by atoms with Gasteiger partial charge in [0.1, 0.15) is 6.04 Å². The van der Waals surface area contributed by atoms with E-state index in [9.17, 15) is 18.0 Å². The summed E-state index contributed by atoms with van der Waals surface area (Å²) < 4.78 is 25.1. The number of benzene rings is 1. The van der Waals surface area contributed by atoms with Crippen molar-refractivity contribution in [1.29, 1.82) is 0 Å². The van der Waals surface area contributed by atoms with Gasteiger partial charge in [0, 0.05) is 5.41 Å². The van der Waals surface area contributed by atoms with E-state index < -0.39 is 34.4 Å². The van der Waals surface area contributed by atoms with Crippen LogP contribution < -0.4 is 4.72 Å². The average Bonchev–Trinajstić information content (AvgIpc) is 2.36. The first kappa shape index (κ1) is 15.9. The van der Waals surface area contributed by atoms with E-state index in [0.29, 0.717) is 5.56 Å². The Labute approximate surface area is 115 Å². The Kier molecular flexibility index (Phi) is 5.42. The molecule has 0 bridgehead atoms. The van der Waals surface area contributed by atoms with Gasteiger partial charge in [-0.05, 0) is 11.6 Å². The number of hydrogen-bond acceptors (Lipinski definition) is 4. The lowest BCUT2D eigenvalue weighted by Gasteiger charge is -2.10. The largest absolute Gasteiger partial charge is 0.481 e. The molecule has 0 aliphatic heterocycles. The molecular weight excluding hydrogens is 286 g/mol. The number of sulfonamides is 1. The van der Waals surface area contributed by atoms with E-state index in [1.807, 2.05) is 0 Å². The van der Waals surface area contributed by atoms with E-state index >= 15 is 0 Å². The Hall–Kier alpha value is -2.19. The number of hydrogen-bond donors (Lipinski definition) is 3. The lowest BCUT2D eigenvalue weighted by molar-refractivity contribution is -0.145. The van der Waals surface area contributed by atoms with Crippen LogP contribution in [0.5, 0.6) is 0 Å². The maximum absolute atomic E-state index is 11.6. The summed E-state index contributed by atoms with van der Waals surface area (Å²) in [4.78, 5) is 21.2. The van der Waals surface area contributed by atoms with Gasteiger partial charge in [-0.3, -0.25) is 9.59 Å². The van der Waals surface area contributed by atoms with Gasteiger partial charge in [0.25, 0.3) is 0 Å². The number of carbonyl (C=O) groups is 2. The zero-order valence-electron chi connectivity index (χ0n) is 10.3. The summed E-state index contributed by atoms with van der Waals surface area (Å²) in [5.41, 5.74) is 0.614. The Morgan fingerprint density at radius 2 is 1.80 bits per heavy atom. The van der Waals surface area contributed by atoms with Crippen molar-refractivity contribution in [3.63, 3.8) is 0 Å². The van der Waals surface area contributed by atoms with E-state index in [0.717, 1.165) is 5.41 Å². The van der Waals surface area contributed by atoms with Crippen LogP contribution in [0.3, 0.4) is 0 Å². The molecule has 7 nitrogen and oxygen atoms in total. The first-order valence-corrected chi connectivity index (χ1v) is 7.05. The van der Waals surface area contributed by atoms with E-state index in [1.54, 1.807) is 35.1 Å². The molecule has 1 aromatic rings. The molecule has 108 valence electrons. The molecule has 1 unspecified atom stereocenters. The summed E-state index contributed by atoms with van der Waals surface area (Å²) in [6, 6.07) is 6.81. The lowest BCUT2D eigenvalue weighted by Crippen LogP contribution is -2.41. The Morgan fingerprint density at radius 3 is 2.30 bits per heavy atom. The second-order valence-electron chi connectivity index (χ2n) is 3.86. The van der Waals surface area contributed by atoms with Crippen LogP contribution in [0, 0.1) is 0 Å². The van der Waals surface area contributed by atoms with Crippen LogP contribution in [0.4, 0.5) is 0 Å². The minimum Gasteiger partial charge on any atom is -0.481 e. The van der Waals surface area contributed by atoms with Crippen molar-refractivity contribution in [3.8, 4) is 0 Å². The minimum absolute atomic E-state index is 0.614. The number of aliphatic carboxylic acids is 2. The summed E-state index contributed by atoms with van der Waals surface area (Å²) in [6.45, 7) is 0. The predicted molar refractivity (Wildman–Crippen MR) is 71.2 cm³/mol. The van der Waals surface area contributed by atoms with Gasteiger partial charge < -0.3 is 10.2 Å². The van der Waals surface area contributed by atoms with Gasteiger partial charge in [-0.2, -0.15) is 4.72 Å². The van der Waals surface area contributed by atoms with Crippen molar-refractivity contribution in [3.05, 3.63) is 41.3 Å². The third-order valence-corrected chi connectivity index (χ3v) is 3.33. The highest BCUT2D eigenvalue weighted by atomic mass is 32.2. The van der Waals surface area contributed by atoms with E-state index in [4.69, 9.17) is 10.2 Å². The van der Waals surface area contributed by atoms with Crippen molar-refractivity contribution in [1.82, 2.24) is 4.72 Å². The van der Waals surface area contributed by atoms with Crippen molar-refractivity contribution in [2.75, 3.05) is 0 Å². The lowest BCUT2D eigenvalue weighted by atomic mass is 10.2. The third kappa shape index (κ3) is 5.63. The highest BCUT2D eigenvalue weighted by molar-refractivity contribution is 7.92. The Bertz CT molecular complexity index is 608. The molecule has 1 rings (SSSR count). The molecule has 8 heteroatoms. The second kappa shape index (κ2) is 6.83. The van der Waals surface area contributed by atoms with Crippen molar-refractivity contribution in [2.45, 2.75) is 12.5 Å². The first-order chi connectivity index (χ1) is 9.30. The molecule has 0 aliphatic rings. The number of carboxylic acid groups (broad SMARTS) is 2. The molecular formula is C12H13NO6S. The minimum atomic E-state index is -4.04. The monoisotopic (exact) mass is 299 g/mol. The quantitative estimate of drug-likeness (QED) is 0.674. The SMILES string of the molecule is O=C(O)CC(NS(=O)(=O)/C=C/c1ccccc1)C(=O)O. The van der Waals surface area contributed by atoms with Crippen LogP contribution in [0.15, 0.2) is 35.7 Å². The highest BCUT2D eigenvalue weighted by Gasteiger charge is 2.25. The van der Waals surface area contributed by atoms with E-state index in [-0.39, 0.29) is 0 Å². The van der Waals surface area contributed by atoms with Crippen LogP contribution >= 0.6 is 0 Å². The molecule has 0 fully saturated rings. The topological polar surface area (TPSA) is 121 Å². The first-order valence-electron chi connectivity index (χ1n) is 5.50. The van der Waals surface area contributed by atoms with Gasteiger partial charge in [-0.1, -0.05) is 30.3 Å².